The maximum atomic E-state index is 10.3. The van der Waals surface area contributed by atoms with Crippen LogP contribution in [0.1, 0.15) is 41.2 Å². The minimum atomic E-state index is -0.712. The summed E-state index contributed by atoms with van der Waals surface area (Å²) in [5, 5.41) is 33.9. The number of aliphatic hydroxyl groups is 2. The summed E-state index contributed by atoms with van der Waals surface area (Å²) in [6, 6.07) is 18.4. The Morgan fingerprint density at radius 1 is 0.912 bits per heavy atom. The summed E-state index contributed by atoms with van der Waals surface area (Å²) in [6.07, 6.45) is 2.80. The predicted octanol–water partition coefficient (Wildman–Crippen LogP) is 5.46. The zero-order chi connectivity index (χ0) is 24.3. The van der Waals surface area contributed by atoms with Crippen molar-refractivity contribution in [2.24, 2.45) is 0 Å². The molecule has 3 rings (SSSR count). The van der Waals surface area contributed by atoms with Gasteiger partial charge in [0.15, 0.2) is 0 Å². The summed E-state index contributed by atoms with van der Waals surface area (Å²) < 4.78 is 5.84. The number of hydrogen-bond acceptors (Lipinski definition) is 5. The van der Waals surface area contributed by atoms with Crippen LogP contribution in [-0.2, 0) is 19.4 Å². The molecule has 0 unspecified atom stereocenters. The van der Waals surface area contributed by atoms with E-state index in [0.717, 1.165) is 37.0 Å². The molecule has 0 fully saturated rings. The van der Waals surface area contributed by atoms with Crippen molar-refractivity contribution in [2.45, 2.75) is 38.4 Å². The van der Waals surface area contributed by atoms with Crippen LogP contribution in [0.3, 0.4) is 0 Å². The van der Waals surface area contributed by atoms with Gasteiger partial charge in [0.25, 0.3) is 0 Å². The van der Waals surface area contributed by atoms with Crippen LogP contribution in [0.2, 0.25) is 10.0 Å². The molecule has 3 aromatic carbocycles. The Labute approximate surface area is 210 Å². The second kappa shape index (κ2) is 13.6. The number of phenols is 1. The van der Waals surface area contributed by atoms with Gasteiger partial charge in [0.2, 0.25) is 0 Å². The molecular weight excluding hydrogens is 473 g/mol. The molecule has 0 bridgehead atoms. The van der Waals surface area contributed by atoms with Crippen LogP contribution in [0, 0.1) is 0 Å². The van der Waals surface area contributed by atoms with Crippen molar-refractivity contribution >= 4 is 23.2 Å². The topological polar surface area (TPSA) is 82.0 Å². The first-order chi connectivity index (χ1) is 16.5. The fraction of sp³-hybridized carbons (Fsp3) is 0.333. The van der Waals surface area contributed by atoms with Crippen LogP contribution in [0.4, 0.5) is 0 Å². The highest BCUT2D eigenvalue weighted by molar-refractivity contribution is 6.35. The van der Waals surface area contributed by atoms with Crippen LogP contribution >= 0.6 is 23.2 Å². The van der Waals surface area contributed by atoms with E-state index in [1.165, 1.54) is 11.6 Å². The van der Waals surface area contributed by atoms with Crippen molar-refractivity contribution in [1.29, 1.82) is 0 Å². The molecule has 0 saturated heterocycles. The highest BCUT2D eigenvalue weighted by Crippen LogP contribution is 2.26. The van der Waals surface area contributed by atoms with Gasteiger partial charge in [0, 0.05) is 22.2 Å². The SMILES string of the molecule is OCc1cc([C@@H](O)CNCCc2ccc(OCCCCc3c(Cl)cccc3Cl)cc2)ccc1O. The first-order valence-electron chi connectivity index (χ1n) is 11.4. The van der Waals surface area contributed by atoms with Gasteiger partial charge in [-0.05, 0) is 85.3 Å². The third-order valence-electron chi connectivity index (χ3n) is 5.66. The van der Waals surface area contributed by atoms with Crippen molar-refractivity contribution in [3.63, 3.8) is 0 Å². The lowest BCUT2D eigenvalue weighted by Crippen LogP contribution is -2.23. The number of nitrogens with one attached hydrogen (secondary N) is 1. The van der Waals surface area contributed by atoms with E-state index in [9.17, 15) is 15.3 Å². The van der Waals surface area contributed by atoms with E-state index in [4.69, 9.17) is 27.9 Å². The Balaban J connectivity index is 1.32. The number of unbranched alkanes of at least 4 members (excludes halogenated alkanes) is 1. The van der Waals surface area contributed by atoms with Gasteiger partial charge in [-0.25, -0.2) is 0 Å². The molecule has 0 aliphatic heterocycles. The molecule has 1 atom stereocenters. The summed E-state index contributed by atoms with van der Waals surface area (Å²) in [5.41, 5.74) is 3.24. The van der Waals surface area contributed by atoms with Crippen molar-refractivity contribution < 1.29 is 20.1 Å². The Bertz CT molecular complexity index is 1020. The van der Waals surface area contributed by atoms with Crippen LogP contribution < -0.4 is 10.1 Å². The average molecular weight is 504 g/mol. The molecule has 182 valence electrons. The number of ether oxygens (including phenoxy) is 1. The molecule has 0 aliphatic rings. The van der Waals surface area contributed by atoms with E-state index in [2.05, 4.69) is 5.32 Å². The molecule has 5 nitrogen and oxygen atoms in total. The van der Waals surface area contributed by atoms with Crippen molar-refractivity contribution in [3.8, 4) is 11.5 Å². The van der Waals surface area contributed by atoms with Crippen LogP contribution in [0.15, 0.2) is 60.7 Å². The largest absolute Gasteiger partial charge is 0.508 e. The van der Waals surface area contributed by atoms with Gasteiger partial charge >= 0.3 is 0 Å². The molecule has 4 N–H and O–H groups in total. The molecule has 0 saturated carbocycles. The quantitative estimate of drug-likeness (QED) is 0.233. The molecule has 3 aromatic rings. The zero-order valence-electron chi connectivity index (χ0n) is 19.0. The maximum Gasteiger partial charge on any atom is 0.121 e. The standard InChI is InChI=1S/C27H31Cl2NO4/c28-24-5-3-6-25(29)23(24)4-1-2-15-34-22-10-7-19(8-11-22)13-14-30-17-27(33)20-9-12-26(32)21(16-20)18-31/h3,5-12,16,27,30-33H,1-2,4,13-15,17-18H2/t27-/m0/s1. The second-order valence-electron chi connectivity index (χ2n) is 8.17. The Morgan fingerprint density at radius 3 is 2.35 bits per heavy atom. The van der Waals surface area contributed by atoms with Crippen molar-refractivity contribution in [2.75, 3.05) is 19.7 Å². The van der Waals surface area contributed by atoms with Crippen molar-refractivity contribution in [1.82, 2.24) is 5.32 Å². The molecule has 0 heterocycles. The number of aliphatic hydroxyl groups excluding tert-OH is 2. The fourth-order valence-corrected chi connectivity index (χ4v) is 4.23. The van der Waals surface area contributed by atoms with E-state index < -0.39 is 6.10 Å². The molecule has 34 heavy (non-hydrogen) atoms. The third kappa shape index (κ3) is 7.90. The number of rotatable bonds is 13. The molecular formula is C27H31Cl2NO4. The number of hydrogen-bond donors (Lipinski definition) is 4. The van der Waals surface area contributed by atoms with E-state index in [-0.39, 0.29) is 12.4 Å². The second-order valence-corrected chi connectivity index (χ2v) is 8.98. The fourth-order valence-electron chi connectivity index (χ4n) is 3.65. The molecule has 0 aromatic heterocycles. The number of benzene rings is 3. The van der Waals surface area contributed by atoms with Gasteiger partial charge in [0.1, 0.15) is 11.5 Å². The average Bonchev–Trinajstić information content (AvgIpc) is 2.84. The van der Waals surface area contributed by atoms with E-state index >= 15 is 0 Å². The monoisotopic (exact) mass is 503 g/mol. The number of halogens is 2. The minimum absolute atomic E-state index is 0.0286. The smallest absolute Gasteiger partial charge is 0.121 e. The molecule has 0 spiro atoms. The molecule has 0 amide bonds. The van der Waals surface area contributed by atoms with Gasteiger partial charge < -0.3 is 25.4 Å². The predicted molar refractivity (Wildman–Crippen MR) is 137 cm³/mol. The van der Waals surface area contributed by atoms with Gasteiger partial charge in [-0.15, -0.1) is 0 Å². The first-order valence-corrected chi connectivity index (χ1v) is 12.2. The van der Waals surface area contributed by atoms with Gasteiger partial charge in [-0.3, -0.25) is 0 Å². The van der Waals surface area contributed by atoms with E-state index in [0.29, 0.717) is 40.9 Å². The lowest BCUT2D eigenvalue weighted by Gasteiger charge is -2.14. The summed E-state index contributed by atoms with van der Waals surface area (Å²) in [5.74, 6) is 0.871. The third-order valence-corrected chi connectivity index (χ3v) is 6.37. The molecule has 0 radical (unpaired) electrons. The van der Waals surface area contributed by atoms with Crippen LogP contribution in [0.5, 0.6) is 11.5 Å². The first kappa shape index (κ1) is 26.3. The Morgan fingerprint density at radius 2 is 1.65 bits per heavy atom. The lowest BCUT2D eigenvalue weighted by atomic mass is 10.1. The summed E-state index contributed by atoms with van der Waals surface area (Å²) in [7, 11) is 0. The van der Waals surface area contributed by atoms with Crippen molar-refractivity contribution in [3.05, 3.63) is 93.0 Å². The summed E-state index contributed by atoms with van der Waals surface area (Å²) >= 11 is 12.4. The summed E-state index contributed by atoms with van der Waals surface area (Å²) in [6.45, 7) is 1.47. The van der Waals surface area contributed by atoms with Gasteiger partial charge in [-0.2, -0.15) is 0 Å². The Kier molecular flexibility index (Phi) is 10.5. The number of aromatic hydroxyl groups is 1. The minimum Gasteiger partial charge on any atom is -0.508 e. The van der Waals surface area contributed by atoms with Crippen LogP contribution in [-0.4, -0.2) is 35.0 Å². The molecule has 0 aliphatic carbocycles. The van der Waals surface area contributed by atoms with E-state index in [1.807, 2.05) is 42.5 Å². The van der Waals surface area contributed by atoms with E-state index in [1.54, 1.807) is 12.1 Å². The highest BCUT2D eigenvalue weighted by atomic mass is 35.5. The van der Waals surface area contributed by atoms with Gasteiger partial charge in [-0.1, -0.05) is 47.5 Å². The normalized spacial score (nSPS) is 12.0. The lowest BCUT2D eigenvalue weighted by molar-refractivity contribution is 0.174. The Hall–Kier alpha value is -2.28. The summed E-state index contributed by atoms with van der Waals surface area (Å²) in [4.78, 5) is 0. The van der Waals surface area contributed by atoms with Gasteiger partial charge in [0.05, 0.1) is 19.3 Å². The molecule has 7 heteroatoms. The highest BCUT2D eigenvalue weighted by Gasteiger charge is 2.10. The zero-order valence-corrected chi connectivity index (χ0v) is 20.5. The maximum absolute atomic E-state index is 10.3. The van der Waals surface area contributed by atoms with Crippen LogP contribution in [0.25, 0.3) is 0 Å².